The van der Waals surface area contributed by atoms with Crippen LogP contribution in [-0.2, 0) is 4.79 Å². The van der Waals surface area contributed by atoms with E-state index in [2.05, 4.69) is 21.3 Å². The van der Waals surface area contributed by atoms with Crippen molar-refractivity contribution in [2.24, 2.45) is 0 Å². The number of anilines is 2. The Morgan fingerprint density at radius 2 is 2.12 bits per heavy atom. The molecule has 132 valence electrons. The van der Waals surface area contributed by atoms with Crippen molar-refractivity contribution in [1.82, 2.24) is 0 Å². The minimum atomic E-state index is -0.00374. The van der Waals surface area contributed by atoms with Gasteiger partial charge in [-0.05, 0) is 24.3 Å². The van der Waals surface area contributed by atoms with Gasteiger partial charge in [-0.15, -0.1) is 0 Å². The number of hydrogen-bond donors (Lipinski definition) is 2. The highest BCUT2D eigenvalue weighted by Gasteiger charge is 2.27. The van der Waals surface area contributed by atoms with Gasteiger partial charge in [-0.2, -0.15) is 0 Å². The Bertz CT molecular complexity index is 718. The van der Waals surface area contributed by atoms with Crippen LogP contribution in [0.1, 0.15) is 0 Å². The van der Waals surface area contributed by atoms with E-state index in [4.69, 9.17) is 16.3 Å². The average Bonchev–Trinajstić information content (AvgIpc) is 2.63. The first-order chi connectivity index (χ1) is 12.2. The summed E-state index contributed by atoms with van der Waals surface area (Å²) < 4.78 is 5.12. The zero-order valence-corrected chi connectivity index (χ0v) is 15.0. The number of methoxy groups -OCH3 is 1. The van der Waals surface area contributed by atoms with Gasteiger partial charge in [0.1, 0.15) is 31.9 Å². The van der Waals surface area contributed by atoms with E-state index < -0.39 is 0 Å². The Balaban J connectivity index is 1.49. The normalized spacial score (nSPS) is 15.0. The van der Waals surface area contributed by atoms with Gasteiger partial charge in [0, 0.05) is 11.8 Å². The lowest BCUT2D eigenvalue weighted by atomic mass is 10.2. The summed E-state index contributed by atoms with van der Waals surface area (Å²) in [6, 6.07) is 11.3. The third-order valence-corrected chi connectivity index (χ3v) is 4.65. The van der Waals surface area contributed by atoms with Gasteiger partial charge in [0.25, 0.3) is 11.7 Å². The van der Waals surface area contributed by atoms with Crippen molar-refractivity contribution in [3.8, 4) is 5.75 Å². The van der Waals surface area contributed by atoms with E-state index in [9.17, 15) is 4.79 Å². The number of amides is 1. The molecule has 6 nitrogen and oxygen atoms in total. The first-order valence-electron chi connectivity index (χ1n) is 8.34. The van der Waals surface area contributed by atoms with Crippen LogP contribution in [0.2, 0.25) is 5.02 Å². The molecule has 2 aromatic rings. The maximum Gasteiger partial charge on any atom is 0.279 e. The number of rotatable bonds is 5. The molecule has 1 saturated heterocycles. The molecule has 0 spiro atoms. The Labute approximate surface area is 152 Å². The number of pyridine rings is 1. The number of aromatic nitrogens is 1. The van der Waals surface area contributed by atoms with Crippen molar-refractivity contribution in [3.05, 3.63) is 47.6 Å². The molecule has 1 aliphatic heterocycles. The van der Waals surface area contributed by atoms with Gasteiger partial charge in [0.15, 0.2) is 6.54 Å². The highest BCUT2D eigenvalue weighted by atomic mass is 35.5. The number of piperazine rings is 1. The van der Waals surface area contributed by atoms with E-state index in [0.717, 1.165) is 32.0 Å². The zero-order valence-electron chi connectivity index (χ0n) is 14.2. The number of halogens is 1. The lowest BCUT2D eigenvalue weighted by molar-refractivity contribution is -0.892. The smallest absolute Gasteiger partial charge is 0.279 e. The van der Waals surface area contributed by atoms with Crippen molar-refractivity contribution in [1.29, 1.82) is 0 Å². The van der Waals surface area contributed by atoms with Crippen LogP contribution in [0.3, 0.4) is 0 Å². The van der Waals surface area contributed by atoms with E-state index in [1.807, 2.05) is 18.3 Å². The molecule has 1 aliphatic rings. The maximum absolute atomic E-state index is 12.3. The number of aromatic amines is 1. The molecular formula is C18H23ClN4O2+2. The van der Waals surface area contributed by atoms with Crippen LogP contribution in [0, 0.1) is 0 Å². The largest absolute Gasteiger partial charge is 0.495 e. The highest BCUT2D eigenvalue weighted by molar-refractivity contribution is 6.32. The van der Waals surface area contributed by atoms with Gasteiger partial charge in [-0.1, -0.05) is 17.7 Å². The van der Waals surface area contributed by atoms with Crippen LogP contribution in [0.4, 0.5) is 11.5 Å². The number of carbonyl (C=O) groups is 1. The second-order valence-corrected chi connectivity index (χ2v) is 6.47. The number of hydrogen-bond acceptors (Lipinski definition) is 3. The molecule has 2 heterocycles. The van der Waals surface area contributed by atoms with Crippen LogP contribution >= 0.6 is 11.6 Å². The van der Waals surface area contributed by atoms with E-state index in [0.29, 0.717) is 23.0 Å². The molecule has 0 unspecified atom stereocenters. The Hall–Kier alpha value is -2.31. The molecule has 3 rings (SSSR count). The van der Waals surface area contributed by atoms with Gasteiger partial charge < -0.3 is 15.0 Å². The molecule has 1 fully saturated rings. The Morgan fingerprint density at radius 1 is 1.32 bits per heavy atom. The van der Waals surface area contributed by atoms with Crippen LogP contribution in [0.25, 0.3) is 0 Å². The van der Waals surface area contributed by atoms with Crippen molar-refractivity contribution in [3.63, 3.8) is 0 Å². The fraction of sp³-hybridized carbons (Fsp3) is 0.333. The first kappa shape index (κ1) is 17.5. The van der Waals surface area contributed by atoms with Crippen molar-refractivity contribution < 1.29 is 19.4 Å². The fourth-order valence-corrected chi connectivity index (χ4v) is 3.26. The van der Waals surface area contributed by atoms with E-state index >= 15 is 0 Å². The summed E-state index contributed by atoms with van der Waals surface area (Å²) >= 11 is 6.09. The average molecular weight is 363 g/mol. The Morgan fingerprint density at radius 3 is 2.76 bits per heavy atom. The maximum atomic E-state index is 12.3. The minimum Gasteiger partial charge on any atom is -0.495 e. The molecule has 0 bridgehead atoms. The topological polar surface area (TPSA) is 60.1 Å². The number of quaternary nitrogens is 1. The van der Waals surface area contributed by atoms with E-state index in [1.54, 1.807) is 25.3 Å². The lowest BCUT2D eigenvalue weighted by Crippen LogP contribution is -3.15. The number of ether oxygens (including phenoxy) is 1. The fourth-order valence-electron chi connectivity index (χ4n) is 3.00. The minimum absolute atomic E-state index is 0.00374. The molecule has 1 amide bonds. The third kappa shape index (κ3) is 4.61. The number of nitrogens with one attached hydrogen (secondary N) is 3. The summed E-state index contributed by atoms with van der Waals surface area (Å²) in [6.45, 7) is 4.17. The van der Waals surface area contributed by atoms with Gasteiger partial charge >= 0.3 is 0 Å². The summed E-state index contributed by atoms with van der Waals surface area (Å²) in [4.78, 5) is 19.1. The molecule has 0 radical (unpaired) electrons. The molecule has 0 saturated carbocycles. The molecule has 1 aromatic heterocycles. The SMILES string of the molecule is COc1ccc(NC(=O)C[NH+]2CCN(c3cccc[nH+]3)CC2)cc1Cl. The third-order valence-electron chi connectivity index (χ3n) is 4.35. The van der Waals surface area contributed by atoms with Gasteiger partial charge in [-0.25, -0.2) is 4.98 Å². The summed E-state index contributed by atoms with van der Waals surface area (Å²) in [6.07, 6.45) is 1.93. The number of H-pyrrole nitrogens is 1. The summed E-state index contributed by atoms with van der Waals surface area (Å²) in [5, 5.41) is 3.39. The molecule has 25 heavy (non-hydrogen) atoms. The van der Waals surface area contributed by atoms with Gasteiger partial charge in [-0.3, -0.25) is 9.69 Å². The van der Waals surface area contributed by atoms with Crippen molar-refractivity contribution in [2.45, 2.75) is 0 Å². The van der Waals surface area contributed by atoms with Crippen LogP contribution in [-0.4, -0.2) is 45.7 Å². The van der Waals surface area contributed by atoms with Gasteiger partial charge in [0.2, 0.25) is 0 Å². The lowest BCUT2D eigenvalue weighted by Gasteiger charge is -2.27. The molecule has 0 aliphatic carbocycles. The second kappa shape index (κ2) is 8.18. The predicted octanol–water partition coefficient (Wildman–Crippen LogP) is 0.506. The van der Waals surface area contributed by atoms with Crippen LogP contribution < -0.4 is 24.8 Å². The van der Waals surface area contributed by atoms with Gasteiger partial charge in [0.05, 0.1) is 18.3 Å². The Kier molecular flexibility index (Phi) is 5.73. The standard InChI is InChI=1S/C18H21ClN4O2/c1-25-16-6-5-14(12-15(16)19)21-18(24)13-22-8-10-23(11-9-22)17-4-2-3-7-20-17/h2-7,12H,8-11,13H2,1H3,(H,21,24)/p+2. The number of benzene rings is 1. The summed E-state index contributed by atoms with van der Waals surface area (Å²) in [5.41, 5.74) is 0.688. The van der Waals surface area contributed by atoms with Crippen molar-refractivity contribution >= 4 is 29.0 Å². The molecule has 3 N–H and O–H groups in total. The predicted molar refractivity (Wildman–Crippen MR) is 97.4 cm³/mol. The molecule has 0 atom stereocenters. The van der Waals surface area contributed by atoms with E-state index in [-0.39, 0.29) is 5.91 Å². The highest BCUT2D eigenvalue weighted by Crippen LogP contribution is 2.27. The quantitative estimate of drug-likeness (QED) is 0.814. The van der Waals surface area contributed by atoms with Crippen LogP contribution in [0.15, 0.2) is 42.6 Å². The zero-order chi connectivity index (χ0) is 17.6. The summed E-state index contributed by atoms with van der Waals surface area (Å²) in [5.74, 6) is 1.72. The first-order valence-corrected chi connectivity index (χ1v) is 8.72. The molecule has 1 aromatic carbocycles. The monoisotopic (exact) mass is 362 g/mol. The number of carbonyl (C=O) groups excluding carboxylic acids is 1. The van der Waals surface area contributed by atoms with Crippen molar-refractivity contribution in [2.75, 3.05) is 50.1 Å². The second-order valence-electron chi connectivity index (χ2n) is 6.06. The van der Waals surface area contributed by atoms with E-state index in [1.165, 1.54) is 4.90 Å². The van der Waals surface area contributed by atoms with Crippen LogP contribution in [0.5, 0.6) is 5.75 Å². The molecular weight excluding hydrogens is 340 g/mol. The summed E-state index contributed by atoms with van der Waals surface area (Å²) in [7, 11) is 1.57. The number of nitrogens with zero attached hydrogens (tertiary/aromatic N) is 1. The molecule has 7 heteroatoms.